The highest BCUT2D eigenvalue weighted by atomic mass is 33.1. The summed E-state index contributed by atoms with van der Waals surface area (Å²) in [6, 6.07) is -2.73. The Morgan fingerprint density at radius 1 is 0.818 bits per heavy atom. The van der Waals surface area contributed by atoms with Gasteiger partial charge in [0.2, 0.25) is 65.0 Å². The van der Waals surface area contributed by atoms with Gasteiger partial charge in [0.15, 0.2) is 5.96 Å². The van der Waals surface area contributed by atoms with Crippen LogP contribution in [-0.4, -0.2) is 155 Å². The summed E-state index contributed by atoms with van der Waals surface area (Å²) < 4.78 is 4.59. The Morgan fingerprint density at radius 3 is 2.10 bits per heavy atom. The largest absolute Gasteiger partial charge is 0.497 e. The number of benzene rings is 1. The zero-order chi connectivity index (χ0) is 56.8. The first-order chi connectivity index (χ1) is 36.5. The molecule has 2 saturated heterocycles. The van der Waals surface area contributed by atoms with Crippen LogP contribution >= 0.6 is 21.6 Å². The number of hydrogen-bond acceptors (Lipinski definition) is 15. The molecule has 0 unspecified atom stereocenters. The van der Waals surface area contributed by atoms with Gasteiger partial charge < -0.3 is 75.5 Å². The summed E-state index contributed by atoms with van der Waals surface area (Å²) >= 11 is 0. The van der Waals surface area contributed by atoms with Crippen LogP contribution in [0, 0.1) is 5.92 Å². The Kier molecular flexibility index (Phi) is 25.1. The summed E-state index contributed by atoms with van der Waals surface area (Å²) in [5.41, 5.74) is 27.9. The van der Waals surface area contributed by atoms with Gasteiger partial charge in [0, 0.05) is 42.9 Å². The second-order valence-electron chi connectivity index (χ2n) is 19.6. The van der Waals surface area contributed by atoms with Gasteiger partial charge in [0.05, 0.1) is 20.1 Å². The first-order valence-electron chi connectivity index (χ1n) is 25.8. The van der Waals surface area contributed by atoms with E-state index in [0.29, 0.717) is 37.0 Å². The molecule has 2 aliphatic heterocycles. The van der Waals surface area contributed by atoms with Crippen molar-refractivity contribution >= 4 is 92.5 Å². The Balaban J connectivity index is 1.77. The smallest absolute Gasteiger partial charge is 0.246 e. The van der Waals surface area contributed by atoms with E-state index in [2.05, 4.69) is 42.2 Å². The lowest BCUT2D eigenvalue weighted by molar-refractivity contribution is -0.142. The number of amides is 11. The molecule has 3 fully saturated rings. The zero-order valence-electron chi connectivity index (χ0n) is 43.9. The van der Waals surface area contributed by atoms with Gasteiger partial charge >= 0.3 is 0 Å². The number of aliphatic imine (C=N–C) groups is 1. The molecule has 17 N–H and O–H groups in total. The summed E-state index contributed by atoms with van der Waals surface area (Å²) in [6.45, 7) is 3.11. The third-order valence-electron chi connectivity index (χ3n) is 13.6. The fourth-order valence-corrected chi connectivity index (χ4v) is 12.6. The second-order valence-corrected chi connectivity index (χ2v) is 22.4. The number of likely N-dealkylation sites (tertiary alicyclic amines) is 1. The van der Waals surface area contributed by atoms with E-state index < -0.39 is 137 Å². The van der Waals surface area contributed by atoms with Crippen molar-refractivity contribution in [2.45, 2.75) is 157 Å². The van der Waals surface area contributed by atoms with Crippen LogP contribution in [0.5, 0.6) is 5.75 Å². The molecule has 8 atom stereocenters. The van der Waals surface area contributed by atoms with Gasteiger partial charge in [0.25, 0.3) is 0 Å². The Labute approximate surface area is 455 Å². The standard InChI is InChI=1S/C49H76N14O12S2/c1-4-27(2)40-46(73)59-31(16-17-36(50)64)42(69)60-33(23-37(51)65)43(70)61-34(47(74)63-21-9-11-35(63)45(72)58-30(10-8-20-55-48(53)54)41(68)56-25-38(52)66)26-76-77-49(18-6-5-7-19-49)24-39(67)57-32(44(71)62-40)22-28-12-14-29(75-3)15-13-28/h12-15,27,30-35,40H,4-11,16-26H2,1-3H3,(H2,50,64)(H2,51,65)(H2,52,66)(H,56,68)(H,57,67)(H,58,72)(H,59,73)(H,60,69)(H,61,70)(H,62,71)(H4,53,54,55)/t27-,30-,31-,32+,33+,34+,35-,40+/m0/s1. The second kappa shape index (κ2) is 30.8. The number of nitrogens with one attached hydrogen (secondary N) is 7. The number of guanidine groups is 1. The van der Waals surface area contributed by atoms with Crippen LogP contribution in [0.4, 0.5) is 0 Å². The normalized spacial score (nSPS) is 23.5. The van der Waals surface area contributed by atoms with Crippen LogP contribution in [0.15, 0.2) is 29.3 Å². The molecule has 3 aliphatic rings. The van der Waals surface area contributed by atoms with E-state index in [4.69, 9.17) is 33.4 Å². The molecule has 1 aromatic rings. The van der Waals surface area contributed by atoms with Crippen molar-refractivity contribution < 1.29 is 57.5 Å². The number of methoxy groups -OCH3 is 1. The Hall–Kier alpha value is -6.84. The predicted octanol–water partition coefficient (Wildman–Crippen LogP) is -2.53. The minimum absolute atomic E-state index is 0.0117. The van der Waals surface area contributed by atoms with Gasteiger partial charge in [-0.15, -0.1) is 0 Å². The average molecular weight is 1120 g/mol. The molecule has 2 heterocycles. The maximum absolute atomic E-state index is 14.9. The Morgan fingerprint density at radius 2 is 1.48 bits per heavy atom. The van der Waals surface area contributed by atoms with Crippen LogP contribution in [-0.2, 0) is 59.2 Å². The monoisotopic (exact) mass is 1120 g/mol. The average Bonchev–Trinajstić information content (AvgIpc) is 3.88. The molecule has 426 valence electrons. The number of carbonyl (C=O) groups excluding carboxylic acids is 11. The van der Waals surface area contributed by atoms with E-state index in [1.54, 1.807) is 38.1 Å². The molecule has 0 aromatic heterocycles. The van der Waals surface area contributed by atoms with Gasteiger partial charge in [-0.1, -0.05) is 73.3 Å². The van der Waals surface area contributed by atoms with Crippen LogP contribution in [0.2, 0.25) is 0 Å². The SMILES string of the molecule is CC[C@H](C)[C@H]1NC(=O)[C@@H](Cc2ccc(OC)cc2)NC(=O)CC2(CCCCC2)SSC[C@H](C(=O)N2CCC[C@H]2C(=O)N[C@@H](CCCN=C(N)N)C(=O)NCC(N)=O)NC(=O)[C@@H](CC(N)=O)NC(=O)[C@H](CCC(N)=O)NC1=O. The molecule has 26 nitrogen and oxygen atoms in total. The lowest BCUT2D eigenvalue weighted by Crippen LogP contribution is -2.61. The van der Waals surface area contributed by atoms with Crippen molar-refractivity contribution in [3.05, 3.63) is 29.8 Å². The van der Waals surface area contributed by atoms with Crippen LogP contribution < -0.4 is 70.6 Å². The van der Waals surface area contributed by atoms with Crippen LogP contribution in [0.3, 0.4) is 0 Å². The summed E-state index contributed by atoms with van der Waals surface area (Å²) in [6.07, 6.45) is 3.04. The first kappa shape index (κ1) is 62.7. The van der Waals surface area contributed by atoms with E-state index in [0.717, 1.165) is 19.3 Å². The van der Waals surface area contributed by atoms with Crippen molar-refractivity contribution in [2.24, 2.45) is 39.6 Å². The summed E-state index contributed by atoms with van der Waals surface area (Å²) in [7, 11) is 4.03. The van der Waals surface area contributed by atoms with Gasteiger partial charge in [-0.2, -0.15) is 0 Å². The maximum Gasteiger partial charge on any atom is 0.246 e. The summed E-state index contributed by atoms with van der Waals surface area (Å²) in [5.74, 6) is -9.29. The molecule has 0 bridgehead atoms. The summed E-state index contributed by atoms with van der Waals surface area (Å²) in [5, 5.41) is 18.5. The van der Waals surface area contributed by atoms with E-state index in [1.165, 1.54) is 33.6 Å². The third-order valence-corrected chi connectivity index (χ3v) is 16.9. The van der Waals surface area contributed by atoms with Gasteiger partial charge in [-0.05, 0) is 68.6 Å². The molecular formula is C49H76N14O12S2. The first-order valence-corrected chi connectivity index (χ1v) is 28.1. The van der Waals surface area contributed by atoms with E-state index in [9.17, 15) is 52.7 Å². The van der Waals surface area contributed by atoms with E-state index in [-0.39, 0.29) is 63.3 Å². The number of rotatable bonds is 20. The Bertz CT molecular complexity index is 2320. The predicted molar refractivity (Wildman–Crippen MR) is 287 cm³/mol. The molecule has 11 amide bonds. The number of hydrogen-bond donors (Lipinski definition) is 12. The highest BCUT2D eigenvalue weighted by molar-refractivity contribution is 8.77. The number of ether oxygens (including phenoxy) is 1. The van der Waals surface area contributed by atoms with E-state index >= 15 is 0 Å². The van der Waals surface area contributed by atoms with E-state index in [1.807, 2.05) is 0 Å². The van der Waals surface area contributed by atoms with Crippen LogP contribution in [0.1, 0.15) is 109 Å². The quantitative estimate of drug-likeness (QED) is 0.0277. The highest BCUT2D eigenvalue weighted by Crippen LogP contribution is 2.48. The van der Waals surface area contributed by atoms with Crippen molar-refractivity contribution in [3.8, 4) is 5.75 Å². The number of primary amides is 3. The van der Waals surface area contributed by atoms with Crippen molar-refractivity contribution in [2.75, 3.05) is 32.5 Å². The molecule has 0 radical (unpaired) electrons. The fraction of sp³-hybridized carbons (Fsp3) is 0.633. The molecular weight excluding hydrogens is 1040 g/mol. The molecule has 1 saturated carbocycles. The highest BCUT2D eigenvalue weighted by Gasteiger charge is 2.42. The molecule has 1 aromatic carbocycles. The topological polar surface area (TPSA) is 427 Å². The zero-order valence-corrected chi connectivity index (χ0v) is 45.5. The van der Waals surface area contributed by atoms with Crippen molar-refractivity contribution in [1.29, 1.82) is 0 Å². The lowest BCUT2D eigenvalue weighted by atomic mass is 9.85. The maximum atomic E-state index is 14.9. The number of nitrogens with two attached hydrogens (primary N) is 5. The molecule has 1 spiro atoms. The lowest BCUT2D eigenvalue weighted by Gasteiger charge is -2.37. The minimum Gasteiger partial charge on any atom is -0.497 e. The van der Waals surface area contributed by atoms with Crippen molar-refractivity contribution in [3.63, 3.8) is 0 Å². The van der Waals surface area contributed by atoms with Gasteiger partial charge in [-0.25, -0.2) is 0 Å². The molecule has 28 heteroatoms. The fourth-order valence-electron chi connectivity index (χ4n) is 9.20. The van der Waals surface area contributed by atoms with Gasteiger partial charge in [0.1, 0.15) is 48.0 Å². The van der Waals surface area contributed by atoms with Gasteiger partial charge in [-0.3, -0.25) is 57.7 Å². The minimum atomic E-state index is -1.75. The van der Waals surface area contributed by atoms with Crippen LogP contribution in [0.25, 0.3) is 0 Å². The van der Waals surface area contributed by atoms with Crippen molar-refractivity contribution in [1.82, 2.24) is 42.1 Å². The molecule has 77 heavy (non-hydrogen) atoms. The summed E-state index contributed by atoms with van der Waals surface area (Å²) in [4.78, 5) is 155. The third kappa shape index (κ3) is 20.2. The molecule has 4 rings (SSSR count). The number of nitrogens with zero attached hydrogens (tertiary/aromatic N) is 2. The molecule has 1 aliphatic carbocycles. The number of carbonyl (C=O) groups is 11.